The number of imide groups is 1. The van der Waals surface area contributed by atoms with Crippen molar-refractivity contribution in [3.05, 3.63) is 95.6 Å². The molecule has 3 aromatic rings. The van der Waals surface area contributed by atoms with Gasteiger partial charge < -0.3 is 14.2 Å². The van der Waals surface area contributed by atoms with E-state index < -0.39 is 0 Å². The zero-order valence-electron chi connectivity index (χ0n) is 17.0. The van der Waals surface area contributed by atoms with Gasteiger partial charge in [0.25, 0.3) is 11.8 Å². The molecular weight excluding hydrogens is 394 g/mol. The van der Waals surface area contributed by atoms with Crippen molar-refractivity contribution >= 4 is 11.8 Å². The number of nitrogens with zero attached hydrogens (tertiary/aromatic N) is 1. The fourth-order valence-corrected chi connectivity index (χ4v) is 3.33. The van der Waals surface area contributed by atoms with Gasteiger partial charge in [0, 0.05) is 6.07 Å². The number of rotatable bonds is 10. The van der Waals surface area contributed by atoms with Crippen molar-refractivity contribution in [2.45, 2.75) is 6.61 Å². The molecule has 0 aromatic heterocycles. The van der Waals surface area contributed by atoms with E-state index in [4.69, 9.17) is 14.2 Å². The van der Waals surface area contributed by atoms with Crippen LogP contribution in [0.2, 0.25) is 0 Å². The van der Waals surface area contributed by atoms with Crippen LogP contribution >= 0.6 is 0 Å². The Morgan fingerprint density at radius 2 is 1.26 bits per heavy atom. The summed E-state index contributed by atoms with van der Waals surface area (Å²) in [6, 6.07) is 24.1. The van der Waals surface area contributed by atoms with Crippen molar-refractivity contribution in [1.82, 2.24) is 4.90 Å². The number of fused-ring (bicyclic) bond motifs is 1. The number of ether oxygens (including phenoxy) is 3. The van der Waals surface area contributed by atoms with Crippen LogP contribution < -0.4 is 9.47 Å². The van der Waals surface area contributed by atoms with Gasteiger partial charge in [0.2, 0.25) is 0 Å². The van der Waals surface area contributed by atoms with E-state index in [1.54, 1.807) is 36.4 Å². The van der Waals surface area contributed by atoms with Crippen LogP contribution in [-0.2, 0) is 11.3 Å². The summed E-state index contributed by atoms with van der Waals surface area (Å²) in [6.45, 7) is 1.83. The highest BCUT2D eigenvalue weighted by molar-refractivity contribution is 6.21. The van der Waals surface area contributed by atoms with Crippen LogP contribution in [-0.4, -0.2) is 43.1 Å². The van der Waals surface area contributed by atoms with E-state index in [0.717, 1.165) is 5.56 Å². The van der Waals surface area contributed by atoms with Crippen LogP contribution in [0.3, 0.4) is 0 Å². The Labute approximate surface area is 181 Å². The second-order valence-electron chi connectivity index (χ2n) is 7.02. The minimum atomic E-state index is -0.281. The van der Waals surface area contributed by atoms with Crippen LogP contribution in [0.25, 0.3) is 0 Å². The van der Waals surface area contributed by atoms with E-state index in [1.165, 1.54) is 4.90 Å². The van der Waals surface area contributed by atoms with Crippen molar-refractivity contribution in [3.8, 4) is 11.5 Å². The van der Waals surface area contributed by atoms with Crippen LogP contribution in [0.1, 0.15) is 26.3 Å². The molecule has 0 bridgehead atoms. The second-order valence-corrected chi connectivity index (χ2v) is 7.02. The lowest BCUT2D eigenvalue weighted by Crippen LogP contribution is -2.33. The summed E-state index contributed by atoms with van der Waals surface area (Å²) in [5.74, 6) is 0.717. The molecule has 2 amide bonds. The Hall–Kier alpha value is -3.64. The van der Waals surface area contributed by atoms with E-state index >= 15 is 0 Å². The van der Waals surface area contributed by atoms with Crippen molar-refractivity contribution in [2.75, 3.05) is 26.4 Å². The quantitative estimate of drug-likeness (QED) is 0.369. The van der Waals surface area contributed by atoms with E-state index in [2.05, 4.69) is 0 Å². The molecule has 0 saturated heterocycles. The van der Waals surface area contributed by atoms with Crippen LogP contribution in [0.5, 0.6) is 11.5 Å². The van der Waals surface area contributed by atoms with E-state index in [1.807, 2.05) is 42.5 Å². The van der Waals surface area contributed by atoms with Crippen LogP contribution in [0.4, 0.5) is 0 Å². The first-order chi connectivity index (χ1) is 15.2. The summed E-state index contributed by atoms with van der Waals surface area (Å²) in [6.07, 6.45) is 0. The summed E-state index contributed by atoms with van der Waals surface area (Å²) in [7, 11) is 0. The van der Waals surface area contributed by atoms with Gasteiger partial charge in [-0.3, -0.25) is 14.5 Å². The molecule has 1 aliphatic heterocycles. The zero-order valence-corrected chi connectivity index (χ0v) is 17.0. The normalized spacial score (nSPS) is 12.7. The molecular formula is C25H23NO5. The Balaban J connectivity index is 1.20. The summed E-state index contributed by atoms with van der Waals surface area (Å²) < 4.78 is 17.1. The molecule has 3 aromatic carbocycles. The number of hydrogen-bond acceptors (Lipinski definition) is 5. The van der Waals surface area contributed by atoms with E-state index in [0.29, 0.717) is 42.4 Å². The molecule has 0 atom stereocenters. The molecule has 1 heterocycles. The third kappa shape index (κ3) is 5.10. The van der Waals surface area contributed by atoms with E-state index in [9.17, 15) is 9.59 Å². The maximum absolute atomic E-state index is 12.4. The highest BCUT2D eigenvalue weighted by Crippen LogP contribution is 2.23. The molecule has 6 heteroatoms. The topological polar surface area (TPSA) is 65.1 Å². The molecule has 0 spiro atoms. The van der Waals surface area contributed by atoms with Gasteiger partial charge in [0.05, 0.1) is 30.9 Å². The minimum Gasteiger partial charge on any atom is -0.492 e. The van der Waals surface area contributed by atoms with Gasteiger partial charge in [0.15, 0.2) is 0 Å². The largest absolute Gasteiger partial charge is 0.492 e. The Kier molecular flexibility index (Phi) is 6.59. The number of carbonyl (C=O) groups is 2. The Morgan fingerprint density at radius 3 is 1.94 bits per heavy atom. The first kappa shape index (κ1) is 20.6. The highest BCUT2D eigenvalue weighted by Gasteiger charge is 2.34. The first-order valence-corrected chi connectivity index (χ1v) is 10.1. The predicted octanol–water partition coefficient (Wildman–Crippen LogP) is 3.96. The molecule has 1 aliphatic rings. The lowest BCUT2D eigenvalue weighted by molar-refractivity contribution is 0.0631. The Morgan fingerprint density at radius 1 is 0.645 bits per heavy atom. The summed E-state index contributed by atoms with van der Waals surface area (Å²) in [5, 5.41) is 0. The lowest BCUT2D eigenvalue weighted by Gasteiger charge is -2.15. The van der Waals surface area contributed by atoms with Crippen LogP contribution in [0, 0.1) is 0 Å². The van der Waals surface area contributed by atoms with Gasteiger partial charge in [0.1, 0.15) is 24.7 Å². The molecule has 0 saturated carbocycles. The third-order valence-corrected chi connectivity index (χ3v) is 4.88. The standard InChI is InChI=1S/C25H23NO5/c27-24-22-11-4-5-12-23(22)25(28)26(24)13-14-30-20-9-6-10-21(17-20)31-16-15-29-18-19-7-2-1-3-8-19/h1-12,17H,13-16,18H2. The summed E-state index contributed by atoms with van der Waals surface area (Å²) in [4.78, 5) is 26.0. The zero-order chi connectivity index (χ0) is 21.5. The fraction of sp³-hybridized carbons (Fsp3) is 0.200. The molecule has 158 valence electrons. The SMILES string of the molecule is O=C1c2ccccc2C(=O)N1CCOc1cccc(OCCOCc2ccccc2)c1. The van der Waals surface area contributed by atoms with Crippen molar-refractivity contribution in [1.29, 1.82) is 0 Å². The lowest BCUT2D eigenvalue weighted by atomic mass is 10.1. The van der Waals surface area contributed by atoms with E-state index in [-0.39, 0.29) is 25.0 Å². The third-order valence-electron chi connectivity index (χ3n) is 4.88. The summed E-state index contributed by atoms with van der Waals surface area (Å²) in [5.41, 5.74) is 2.01. The summed E-state index contributed by atoms with van der Waals surface area (Å²) >= 11 is 0. The van der Waals surface area contributed by atoms with Crippen molar-refractivity contribution in [3.63, 3.8) is 0 Å². The molecule has 0 N–H and O–H groups in total. The smallest absolute Gasteiger partial charge is 0.261 e. The monoisotopic (exact) mass is 417 g/mol. The molecule has 0 unspecified atom stereocenters. The average molecular weight is 417 g/mol. The van der Waals surface area contributed by atoms with Crippen molar-refractivity contribution < 1.29 is 23.8 Å². The molecule has 6 nitrogen and oxygen atoms in total. The second kappa shape index (κ2) is 9.91. The van der Waals surface area contributed by atoms with Gasteiger partial charge in [-0.25, -0.2) is 0 Å². The van der Waals surface area contributed by atoms with Gasteiger partial charge in [-0.05, 0) is 29.8 Å². The molecule has 4 rings (SSSR count). The average Bonchev–Trinajstić information content (AvgIpc) is 3.05. The number of benzene rings is 3. The van der Waals surface area contributed by atoms with Gasteiger partial charge in [-0.1, -0.05) is 48.5 Å². The highest BCUT2D eigenvalue weighted by atomic mass is 16.5. The van der Waals surface area contributed by atoms with Crippen molar-refractivity contribution in [2.24, 2.45) is 0 Å². The maximum Gasteiger partial charge on any atom is 0.261 e. The number of carbonyl (C=O) groups excluding carboxylic acids is 2. The molecule has 0 radical (unpaired) electrons. The van der Waals surface area contributed by atoms with Gasteiger partial charge in [-0.15, -0.1) is 0 Å². The predicted molar refractivity (Wildman–Crippen MR) is 115 cm³/mol. The fourth-order valence-electron chi connectivity index (χ4n) is 3.33. The minimum absolute atomic E-state index is 0.185. The first-order valence-electron chi connectivity index (χ1n) is 10.1. The maximum atomic E-state index is 12.4. The number of hydrogen-bond donors (Lipinski definition) is 0. The number of amides is 2. The van der Waals surface area contributed by atoms with Gasteiger partial charge >= 0.3 is 0 Å². The molecule has 0 fully saturated rings. The molecule has 31 heavy (non-hydrogen) atoms. The Bertz CT molecular complexity index is 1020. The van der Waals surface area contributed by atoms with Crippen LogP contribution in [0.15, 0.2) is 78.9 Å². The van der Waals surface area contributed by atoms with Gasteiger partial charge in [-0.2, -0.15) is 0 Å². The molecule has 0 aliphatic carbocycles.